The Labute approximate surface area is 218 Å². The number of anilines is 1. The maximum atomic E-state index is 12.3. The van der Waals surface area contributed by atoms with Crippen LogP contribution < -0.4 is 16.0 Å². The molecule has 0 saturated heterocycles. The van der Waals surface area contributed by atoms with Crippen molar-refractivity contribution in [3.63, 3.8) is 0 Å². The minimum atomic E-state index is -0.414. The summed E-state index contributed by atoms with van der Waals surface area (Å²) in [6, 6.07) is 16.8. The standard InChI is InChI=1S/C27H36N4O4S/c1-3-31(4-2)19-18-28-26(34)22-12-14-23(15-13-22)29-27(36)30-24(32)16-17-25(33)35-20-8-11-21-9-6-5-7-10-21/h5-7,9-10,12-15H,3-4,8,11,16-20H2,1-2H3,(H,28,34)(H2,29,30,32,36). The number of aryl methyl sites for hydroxylation is 1. The highest BCUT2D eigenvalue weighted by molar-refractivity contribution is 7.80. The van der Waals surface area contributed by atoms with E-state index in [0.717, 1.165) is 32.5 Å². The highest BCUT2D eigenvalue weighted by Crippen LogP contribution is 2.10. The Bertz CT molecular complexity index is 979. The molecule has 0 fully saturated rings. The van der Waals surface area contributed by atoms with E-state index in [1.807, 2.05) is 30.3 Å². The molecule has 2 rings (SSSR count). The molecule has 36 heavy (non-hydrogen) atoms. The quantitative estimate of drug-likeness (QED) is 0.202. The van der Waals surface area contributed by atoms with Gasteiger partial charge in [-0.2, -0.15) is 0 Å². The Balaban J connectivity index is 1.62. The van der Waals surface area contributed by atoms with Crippen LogP contribution in [0.4, 0.5) is 5.69 Å². The number of carbonyl (C=O) groups is 3. The number of rotatable bonds is 14. The van der Waals surface area contributed by atoms with E-state index in [2.05, 4.69) is 34.7 Å². The van der Waals surface area contributed by atoms with Gasteiger partial charge in [-0.15, -0.1) is 0 Å². The van der Waals surface area contributed by atoms with E-state index in [1.165, 1.54) is 5.56 Å². The van der Waals surface area contributed by atoms with Crippen molar-refractivity contribution in [1.29, 1.82) is 0 Å². The van der Waals surface area contributed by atoms with Crippen LogP contribution >= 0.6 is 12.2 Å². The van der Waals surface area contributed by atoms with Gasteiger partial charge < -0.3 is 25.6 Å². The van der Waals surface area contributed by atoms with E-state index < -0.39 is 5.97 Å². The summed E-state index contributed by atoms with van der Waals surface area (Å²) in [6.07, 6.45) is 1.52. The van der Waals surface area contributed by atoms with E-state index >= 15 is 0 Å². The Hall–Kier alpha value is -3.30. The van der Waals surface area contributed by atoms with E-state index in [0.29, 0.717) is 24.4 Å². The summed E-state index contributed by atoms with van der Waals surface area (Å²) in [7, 11) is 0. The molecule has 0 aliphatic carbocycles. The highest BCUT2D eigenvalue weighted by Gasteiger charge is 2.11. The molecule has 2 amide bonds. The van der Waals surface area contributed by atoms with Crippen LogP contribution in [0.25, 0.3) is 0 Å². The third kappa shape index (κ3) is 11.4. The second-order valence-corrected chi connectivity index (χ2v) is 8.58. The van der Waals surface area contributed by atoms with Gasteiger partial charge >= 0.3 is 5.97 Å². The third-order valence-corrected chi connectivity index (χ3v) is 5.74. The molecule has 9 heteroatoms. The number of hydrogen-bond acceptors (Lipinski definition) is 6. The molecule has 0 unspecified atom stereocenters. The van der Waals surface area contributed by atoms with Crippen LogP contribution in [0.2, 0.25) is 0 Å². The lowest BCUT2D eigenvalue weighted by Crippen LogP contribution is -2.35. The molecule has 0 aliphatic rings. The zero-order valence-corrected chi connectivity index (χ0v) is 21.9. The van der Waals surface area contributed by atoms with E-state index in [-0.39, 0.29) is 29.8 Å². The lowest BCUT2D eigenvalue weighted by atomic mass is 10.1. The largest absolute Gasteiger partial charge is 0.466 e. The van der Waals surface area contributed by atoms with Crippen molar-refractivity contribution in [3.8, 4) is 0 Å². The number of ether oxygens (including phenoxy) is 1. The van der Waals surface area contributed by atoms with Crippen molar-refractivity contribution in [1.82, 2.24) is 15.5 Å². The van der Waals surface area contributed by atoms with Gasteiger partial charge in [0.25, 0.3) is 5.91 Å². The molecular weight excluding hydrogens is 476 g/mol. The first-order valence-electron chi connectivity index (χ1n) is 12.3. The van der Waals surface area contributed by atoms with Crippen LogP contribution in [-0.4, -0.2) is 60.6 Å². The number of nitrogens with one attached hydrogen (secondary N) is 3. The summed E-state index contributed by atoms with van der Waals surface area (Å²) in [5.74, 6) is -0.933. The Morgan fingerprint density at radius 1 is 0.944 bits per heavy atom. The molecule has 0 aliphatic heterocycles. The van der Waals surface area contributed by atoms with Crippen LogP contribution in [0.1, 0.15) is 49.0 Å². The molecule has 194 valence electrons. The summed E-state index contributed by atoms with van der Waals surface area (Å²) in [4.78, 5) is 38.5. The van der Waals surface area contributed by atoms with E-state index in [4.69, 9.17) is 17.0 Å². The Morgan fingerprint density at radius 3 is 2.31 bits per heavy atom. The van der Waals surface area contributed by atoms with Gasteiger partial charge in [-0.3, -0.25) is 14.4 Å². The maximum absolute atomic E-state index is 12.3. The summed E-state index contributed by atoms with van der Waals surface area (Å²) in [6.45, 7) is 7.78. The summed E-state index contributed by atoms with van der Waals surface area (Å²) in [5, 5.41) is 8.48. The SMILES string of the molecule is CCN(CC)CCNC(=O)c1ccc(NC(=S)NC(=O)CCC(=O)OCCCc2ccccc2)cc1. The molecule has 0 saturated carbocycles. The molecule has 8 nitrogen and oxygen atoms in total. The average Bonchev–Trinajstić information content (AvgIpc) is 2.89. The maximum Gasteiger partial charge on any atom is 0.306 e. The number of amides is 2. The van der Waals surface area contributed by atoms with Crippen LogP contribution in [-0.2, 0) is 20.7 Å². The number of thiocarbonyl (C=S) groups is 1. The fraction of sp³-hybridized carbons (Fsp3) is 0.407. The summed E-state index contributed by atoms with van der Waals surface area (Å²) >= 11 is 5.17. The first-order valence-corrected chi connectivity index (χ1v) is 12.7. The van der Waals surface area contributed by atoms with Crippen molar-refractivity contribution in [2.45, 2.75) is 39.5 Å². The number of nitrogens with zero attached hydrogens (tertiary/aromatic N) is 1. The fourth-order valence-corrected chi connectivity index (χ4v) is 3.65. The molecule has 2 aromatic rings. The van der Waals surface area contributed by atoms with E-state index in [9.17, 15) is 14.4 Å². The van der Waals surface area contributed by atoms with Crippen molar-refractivity contribution >= 4 is 40.8 Å². The fourth-order valence-electron chi connectivity index (χ4n) is 3.42. The monoisotopic (exact) mass is 512 g/mol. The lowest BCUT2D eigenvalue weighted by molar-refractivity contribution is -0.145. The molecule has 0 radical (unpaired) electrons. The molecule has 3 N–H and O–H groups in total. The molecule has 0 atom stereocenters. The summed E-state index contributed by atoms with van der Waals surface area (Å²) in [5.41, 5.74) is 2.37. The zero-order valence-electron chi connectivity index (χ0n) is 21.0. The van der Waals surface area contributed by atoms with E-state index in [1.54, 1.807) is 24.3 Å². The van der Waals surface area contributed by atoms with Gasteiger partial charge in [0.1, 0.15) is 0 Å². The second-order valence-electron chi connectivity index (χ2n) is 8.17. The average molecular weight is 513 g/mol. The topological polar surface area (TPSA) is 99.8 Å². The first-order chi connectivity index (χ1) is 17.4. The first kappa shape index (κ1) is 28.9. The highest BCUT2D eigenvalue weighted by atomic mass is 32.1. The molecule has 0 aromatic heterocycles. The molecule has 0 spiro atoms. The van der Waals surface area contributed by atoms with Crippen LogP contribution in [0.3, 0.4) is 0 Å². The predicted octanol–water partition coefficient (Wildman–Crippen LogP) is 3.53. The van der Waals surface area contributed by atoms with Crippen molar-refractivity contribution < 1.29 is 19.1 Å². The zero-order chi connectivity index (χ0) is 26.2. The van der Waals surface area contributed by atoms with Gasteiger partial charge in [0.05, 0.1) is 13.0 Å². The number of likely N-dealkylation sites (N-methyl/N-ethyl adjacent to an activating group) is 1. The molecule has 2 aromatic carbocycles. The molecule has 0 heterocycles. The van der Waals surface area contributed by atoms with Gasteiger partial charge in [-0.05, 0) is 68.0 Å². The third-order valence-electron chi connectivity index (χ3n) is 5.54. The van der Waals surface area contributed by atoms with Crippen LogP contribution in [0.5, 0.6) is 0 Å². The van der Waals surface area contributed by atoms with Crippen molar-refractivity contribution in [3.05, 3.63) is 65.7 Å². The number of hydrogen-bond donors (Lipinski definition) is 3. The van der Waals surface area contributed by atoms with Crippen LogP contribution in [0, 0.1) is 0 Å². The smallest absolute Gasteiger partial charge is 0.306 e. The van der Waals surface area contributed by atoms with Gasteiger partial charge in [0.2, 0.25) is 5.91 Å². The minimum absolute atomic E-state index is 0.0160. The number of carbonyl (C=O) groups excluding carboxylic acids is 3. The normalized spacial score (nSPS) is 10.5. The molecule has 0 bridgehead atoms. The van der Waals surface area contributed by atoms with Gasteiger partial charge in [-0.25, -0.2) is 0 Å². The Morgan fingerprint density at radius 2 is 1.64 bits per heavy atom. The second kappa shape index (κ2) is 16.4. The number of benzene rings is 2. The molecular formula is C27H36N4O4S. The summed E-state index contributed by atoms with van der Waals surface area (Å²) < 4.78 is 5.19. The van der Waals surface area contributed by atoms with Gasteiger partial charge in [0.15, 0.2) is 5.11 Å². The van der Waals surface area contributed by atoms with Gasteiger partial charge in [-0.1, -0.05) is 44.2 Å². The lowest BCUT2D eigenvalue weighted by Gasteiger charge is -2.18. The van der Waals surface area contributed by atoms with Crippen molar-refractivity contribution in [2.24, 2.45) is 0 Å². The minimum Gasteiger partial charge on any atom is -0.466 e. The predicted molar refractivity (Wildman–Crippen MR) is 146 cm³/mol. The van der Waals surface area contributed by atoms with Gasteiger partial charge in [0, 0.05) is 30.8 Å². The van der Waals surface area contributed by atoms with Crippen LogP contribution in [0.15, 0.2) is 54.6 Å². The number of esters is 1. The van der Waals surface area contributed by atoms with Crippen molar-refractivity contribution in [2.75, 3.05) is 38.1 Å². The Kier molecular flexibility index (Phi) is 13.2.